The molecule has 0 unspecified atom stereocenters. The van der Waals surface area contributed by atoms with Crippen molar-refractivity contribution in [1.82, 2.24) is 9.88 Å². The zero-order chi connectivity index (χ0) is 20.8. The van der Waals surface area contributed by atoms with Gasteiger partial charge in [0, 0.05) is 44.2 Å². The topological polar surface area (TPSA) is 88.8 Å². The maximum atomic E-state index is 12.5. The first-order valence-electron chi connectivity index (χ1n) is 9.01. The van der Waals surface area contributed by atoms with Gasteiger partial charge in [-0.2, -0.15) is 0 Å². The molecule has 1 aromatic carbocycles. The number of nitrogens with zero attached hydrogens (tertiary/aromatic N) is 4. The van der Waals surface area contributed by atoms with Crippen molar-refractivity contribution in [2.45, 2.75) is 5.75 Å². The first kappa shape index (κ1) is 21.2. The predicted octanol–water partition coefficient (Wildman–Crippen LogP) is 3.23. The van der Waals surface area contributed by atoms with Crippen LogP contribution in [0.4, 0.5) is 11.5 Å². The van der Waals surface area contributed by atoms with Crippen molar-refractivity contribution in [1.29, 1.82) is 0 Å². The first-order valence-corrected chi connectivity index (χ1v) is 10.5. The number of methoxy groups -OCH3 is 1. The Balaban J connectivity index is 1.46. The molecule has 0 radical (unpaired) electrons. The highest BCUT2D eigenvalue weighted by atomic mass is 35.5. The van der Waals surface area contributed by atoms with Crippen LogP contribution in [0.25, 0.3) is 0 Å². The lowest BCUT2D eigenvalue weighted by atomic mass is 10.2. The Morgan fingerprint density at radius 2 is 2.03 bits per heavy atom. The fourth-order valence-corrected chi connectivity index (χ4v) is 4.04. The molecule has 0 atom stereocenters. The standard InChI is InChI=1S/C19H21ClN4O4S/c1-28-17-4-2-14(10-16(17)24(26)27)12-29-13-19(25)23-8-6-22(7-9-23)18-5-3-15(20)11-21-18/h2-5,10-11H,6-9,12-13H2,1H3. The van der Waals surface area contributed by atoms with E-state index in [1.54, 1.807) is 18.3 Å². The van der Waals surface area contributed by atoms with Gasteiger partial charge >= 0.3 is 5.69 Å². The number of rotatable bonds is 7. The Bertz CT molecular complexity index is 873. The minimum absolute atomic E-state index is 0.0659. The van der Waals surface area contributed by atoms with Gasteiger partial charge in [-0.05, 0) is 23.8 Å². The molecule has 1 aliphatic rings. The van der Waals surface area contributed by atoms with Gasteiger partial charge in [-0.25, -0.2) is 4.98 Å². The number of pyridine rings is 1. The monoisotopic (exact) mass is 436 g/mol. The van der Waals surface area contributed by atoms with Crippen molar-refractivity contribution in [2.75, 3.05) is 43.9 Å². The zero-order valence-electron chi connectivity index (χ0n) is 15.9. The first-order chi connectivity index (χ1) is 14.0. The second-order valence-electron chi connectivity index (χ2n) is 6.46. The van der Waals surface area contributed by atoms with Crippen LogP contribution >= 0.6 is 23.4 Å². The summed E-state index contributed by atoms with van der Waals surface area (Å²) in [5.41, 5.74) is 0.720. The Hall–Kier alpha value is -2.52. The number of carbonyl (C=O) groups is 1. The molecule has 3 rings (SSSR count). The van der Waals surface area contributed by atoms with Gasteiger partial charge in [0.2, 0.25) is 5.91 Å². The summed E-state index contributed by atoms with van der Waals surface area (Å²) in [7, 11) is 1.40. The molecule has 0 spiro atoms. The van der Waals surface area contributed by atoms with Crippen molar-refractivity contribution < 1.29 is 14.5 Å². The summed E-state index contributed by atoms with van der Waals surface area (Å²) in [6.45, 7) is 2.71. The number of ether oxygens (including phenoxy) is 1. The van der Waals surface area contributed by atoms with E-state index in [1.165, 1.54) is 24.9 Å². The molecule has 154 valence electrons. The summed E-state index contributed by atoms with van der Waals surface area (Å²) in [4.78, 5) is 31.4. The quantitative estimate of drug-likeness (QED) is 0.486. The molecule has 2 aromatic rings. The lowest BCUT2D eigenvalue weighted by molar-refractivity contribution is -0.385. The van der Waals surface area contributed by atoms with Gasteiger partial charge in [0.25, 0.3) is 0 Å². The lowest BCUT2D eigenvalue weighted by Gasteiger charge is -2.35. The number of thioether (sulfide) groups is 1. The van der Waals surface area contributed by atoms with Crippen LogP contribution in [0, 0.1) is 10.1 Å². The van der Waals surface area contributed by atoms with Crippen molar-refractivity contribution in [3.05, 3.63) is 57.2 Å². The second-order valence-corrected chi connectivity index (χ2v) is 7.88. The zero-order valence-corrected chi connectivity index (χ0v) is 17.5. The van der Waals surface area contributed by atoms with Crippen molar-refractivity contribution in [3.8, 4) is 5.75 Å². The molecular formula is C19H21ClN4O4S. The predicted molar refractivity (Wildman–Crippen MR) is 114 cm³/mol. The number of amides is 1. The molecule has 0 aliphatic carbocycles. The van der Waals surface area contributed by atoms with Crippen molar-refractivity contribution in [2.24, 2.45) is 0 Å². The highest BCUT2D eigenvalue weighted by molar-refractivity contribution is 7.99. The molecule has 1 aliphatic heterocycles. The van der Waals surface area contributed by atoms with Gasteiger partial charge in [-0.1, -0.05) is 17.7 Å². The van der Waals surface area contributed by atoms with E-state index in [1.807, 2.05) is 17.0 Å². The Kier molecular flexibility index (Phi) is 7.16. The van der Waals surface area contributed by atoms with Gasteiger partial charge < -0.3 is 14.5 Å². The third kappa shape index (κ3) is 5.51. The average Bonchev–Trinajstić information content (AvgIpc) is 2.74. The number of aromatic nitrogens is 1. The smallest absolute Gasteiger partial charge is 0.311 e. The van der Waals surface area contributed by atoms with Gasteiger partial charge in [0.15, 0.2) is 5.75 Å². The summed E-state index contributed by atoms with van der Waals surface area (Å²) in [5.74, 6) is 2.01. The summed E-state index contributed by atoms with van der Waals surface area (Å²) < 4.78 is 5.01. The highest BCUT2D eigenvalue weighted by Crippen LogP contribution is 2.29. The molecule has 0 bridgehead atoms. The molecule has 10 heteroatoms. The number of nitro groups is 1. The number of halogens is 1. The summed E-state index contributed by atoms with van der Waals surface area (Å²) in [5, 5.41) is 11.7. The van der Waals surface area contributed by atoms with Gasteiger partial charge in [-0.15, -0.1) is 11.8 Å². The van der Waals surface area contributed by atoms with Crippen LogP contribution in [0.5, 0.6) is 5.75 Å². The van der Waals surface area contributed by atoms with E-state index in [9.17, 15) is 14.9 Å². The summed E-state index contributed by atoms with van der Waals surface area (Å²) >= 11 is 7.32. The van der Waals surface area contributed by atoms with E-state index in [-0.39, 0.29) is 17.3 Å². The minimum Gasteiger partial charge on any atom is -0.490 e. The Labute approximate surface area is 177 Å². The summed E-state index contributed by atoms with van der Waals surface area (Å²) in [6, 6.07) is 8.54. The van der Waals surface area contributed by atoms with E-state index in [4.69, 9.17) is 16.3 Å². The molecule has 8 nitrogen and oxygen atoms in total. The third-order valence-electron chi connectivity index (χ3n) is 4.60. The number of anilines is 1. The van der Waals surface area contributed by atoms with Crippen LogP contribution in [0.1, 0.15) is 5.56 Å². The van der Waals surface area contributed by atoms with E-state index >= 15 is 0 Å². The number of carbonyl (C=O) groups excluding carboxylic acids is 1. The largest absolute Gasteiger partial charge is 0.490 e. The number of benzene rings is 1. The van der Waals surface area contributed by atoms with Gasteiger partial charge in [0.1, 0.15) is 5.82 Å². The van der Waals surface area contributed by atoms with E-state index in [0.29, 0.717) is 29.6 Å². The maximum Gasteiger partial charge on any atom is 0.311 e. The van der Waals surface area contributed by atoms with E-state index in [0.717, 1.165) is 24.5 Å². The van der Waals surface area contributed by atoms with Crippen molar-refractivity contribution >= 4 is 40.8 Å². The minimum atomic E-state index is -0.465. The third-order valence-corrected chi connectivity index (χ3v) is 5.81. The molecule has 0 saturated carbocycles. The second kappa shape index (κ2) is 9.80. The van der Waals surface area contributed by atoms with E-state index < -0.39 is 4.92 Å². The Morgan fingerprint density at radius 3 is 2.66 bits per heavy atom. The van der Waals surface area contributed by atoms with Crippen LogP contribution in [0.15, 0.2) is 36.5 Å². The molecule has 1 saturated heterocycles. The number of hydrogen-bond acceptors (Lipinski definition) is 7. The molecule has 1 fully saturated rings. The van der Waals surface area contributed by atoms with Gasteiger partial charge in [-0.3, -0.25) is 14.9 Å². The lowest BCUT2D eigenvalue weighted by Crippen LogP contribution is -2.49. The number of piperazine rings is 1. The molecule has 0 N–H and O–H groups in total. The van der Waals surface area contributed by atoms with Crippen LogP contribution in [-0.4, -0.2) is 59.8 Å². The SMILES string of the molecule is COc1ccc(CSCC(=O)N2CCN(c3ccc(Cl)cn3)CC2)cc1[N+](=O)[O-]. The number of hydrogen-bond donors (Lipinski definition) is 0. The fraction of sp³-hybridized carbons (Fsp3) is 0.368. The molecule has 1 amide bonds. The van der Waals surface area contributed by atoms with Crippen LogP contribution in [0.3, 0.4) is 0 Å². The van der Waals surface area contributed by atoms with Crippen LogP contribution in [0.2, 0.25) is 5.02 Å². The highest BCUT2D eigenvalue weighted by Gasteiger charge is 2.22. The average molecular weight is 437 g/mol. The van der Waals surface area contributed by atoms with Crippen LogP contribution in [-0.2, 0) is 10.5 Å². The van der Waals surface area contributed by atoms with E-state index in [2.05, 4.69) is 9.88 Å². The van der Waals surface area contributed by atoms with Crippen molar-refractivity contribution in [3.63, 3.8) is 0 Å². The molecule has 1 aromatic heterocycles. The normalized spacial score (nSPS) is 14.0. The van der Waals surface area contributed by atoms with Crippen LogP contribution < -0.4 is 9.64 Å². The number of nitro benzene ring substituents is 1. The molecular weight excluding hydrogens is 416 g/mol. The molecule has 29 heavy (non-hydrogen) atoms. The van der Waals surface area contributed by atoms with Gasteiger partial charge in [0.05, 0.1) is 22.8 Å². The fourth-order valence-electron chi connectivity index (χ4n) is 3.06. The molecule has 2 heterocycles. The maximum absolute atomic E-state index is 12.5. The summed E-state index contributed by atoms with van der Waals surface area (Å²) in [6.07, 6.45) is 1.62. The Morgan fingerprint density at radius 1 is 1.28 bits per heavy atom.